The zero-order chi connectivity index (χ0) is 16.9. The lowest BCUT2D eigenvalue weighted by Crippen LogP contribution is -2.36. The van der Waals surface area contributed by atoms with Crippen molar-refractivity contribution >= 4 is 27.5 Å². The standard InChI is InChI=1S/C16H23ClN2O3S/c1-23(21,22)19-11-3-10-18(12-13-19)16(20)5-2-4-14-6-8-15(17)9-7-14/h6-9H,2-5,10-13H2,1H3. The van der Waals surface area contributed by atoms with Crippen LogP contribution in [0.15, 0.2) is 24.3 Å². The summed E-state index contributed by atoms with van der Waals surface area (Å²) in [5, 5.41) is 0.713. The maximum atomic E-state index is 12.3. The van der Waals surface area contributed by atoms with Gasteiger partial charge in [-0.15, -0.1) is 0 Å². The van der Waals surface area contributed by atoms with Crippen molar-refractivity contribution in [1.82, 2.24) is 9.21 Å². The molecule has 5 nitrogen and oxygen atoms in total. The van der Waals surface area contributed by atoms with Gasteiger partial charge in [0.15, 0.2) is 0 Å². The number of amides is 1. The summed E-state index contributed by atoms with van der Waals surface area (Å²) in [7, 11) is -3.17. The van der Waals surface area contributed by atoms with E-state index in [1.165, 1.54) is 16.1 Å². The molecule has 1 aliphatic rings. The SMILES string of the molecule is CS(=O)(=O)N1CCCN(C(=O)CCCc2ccc(Cl)cc2)CC1. The highest BCUT2D eigenvalue weighted by Gasteiger charge is 2.23. The fourth-order valence-corrected chi connectivity index (χ4v) is 3.73. The Labute approximate surface area is 143 Å². The molecule has 0 radical (unpaired) electrons. The molecule has 1 fully saturated rings. The van der Waals surface area contributed by atoms with Crippen LogP contribution in [0.3, 0.4) is 0 Å². The fraction of sp³-hybridized carbons (Fsp3) is 0.562. The third-order valence-electron chi connectivity index (χ3n) is 4.05. The molecular weight excluding hydrogens is 336 g/mol. The monoisotopic (exact) mass is 358 g/mol. The van der Waals surface area contributed by atoms with Crippen LogP contribution in [-0.2, 0) is 21.2 Å². The number of carbonyl (C=O) groups excluding carboxylic acids is 1. The van der Waals surface area contributed by atoms with Crippen molar-refractivity contribution in [2.75, 3.05) is 32.4 Å². The van der Waals surface area contributed by atoms with Crippen LogP contribution in [0.2, 0.25) is 5.02 Å². The van der Waals surface area contributed by atoms with Gasteiger partial charge in [-0.25, -0.2) is 12.7 Å². The normalized spacial score (nSPS) is 17.0. The molecule has 0 aliphatic carbocycles. The molecule has 7 heteroatoms. The summed E-state index contributed by atoms with van der Waals surface area (Å²) in [5.41, 5.74) is 1.17. The highest BCUT2D eigenvalue weighted by Crippen LogP contribution is 2.13. The van der Waals surface area contributed by atoms with Crippen LogP contribution in [-0.4, -0.2) is 56.0 Å². The summed E-state index contributed by atoms with van der Waals surface area (Å²) in [6.07, 6.45) is 4.02. The van der Waals surface area contributed by atoms with Crippen LogP contribution < -0.4 is 0 Å². The lowest BCUT2D eigenvalue weighted by atomic mass is 10.1. The molecule has 0 N–H and O–H groups in total. The van der Waals surface area contributed by atoms with E-state index in [0.29, 0.717) is 44.0 Å². The van der Waals surface area contributed by atoms with Gasteiger partial charge < -0.3 is 4.90 Å². The first-order chi connectivity index (χ1) is 10.9. The van der Waals surface area contributed by atoms with E-state index in [-0.39, 0.29) is 5.91 Å². The van der Waals surface area contributed by atoms with Crippen molar-refractivity contribution in [2.24, 2.45) is 0 Å². The molecule has 128 valence electrons. The number of benzene rings is 1. The van der Waals surface area contributed by atoms with E-state index in [1.54, 1.807) is 4.90 Å². The smallest absolute Gasteiger partial charge is 0.222 e. The fourth-order valence-electron chi connectivity index (χ4n) is 2.73. The first kappa shape index (κ1) is 18.2. The van der Waals surface area contributed by atoms with Gasteiger partial charge in [-0.1, -0.05) is 23.7 Å². The van der Waals surface area contributed by atoms with E-state index in [4.69, 9.17) is 11.6 Å². The van der Waals surface area contributed by atoms with Crippen LogP contribution in [0.5, 0.6) is 0 Å². The molecule has 0 bridgehead atoms. The largest absolute Gasteiger partial charge is 0.341 e. The van der Waals surface area contributed by atoms with Crippen molar-refractivity contribution < 1.29 is 13.2 Å². The predicted octanol–water partition coefficient (Wildman–Crippen LogP) is 2.16. The number of sulfonamides is 1. The Bertz CT molecular complexity index is 631. The number of aryl methyl sites for hydroxylation is 1. The summed E-state index contributed by atoms with van der Waals surface area (Å²) in [5.74, 6) is 0.106. The molecular formula is C16H23ClN2O3S. The average Bonchev–Trinajstić information content (AvgIpc) is 2.75. The van der Waals surface area contributed by atoms with E-state index in [2.05, 4.69) is 0 Å². The van der Waals surface area contributed by atoms with Crippen LogP contribution in [0.25, 0.3) is 0 Å². The molecule has 2 rings (SSSR count). The lowest BCUT2D eigenvalue weighted by molar-refractivity contribution is -0.131. The molecule has 1 aromatic carbocycles. The number of rotatable bonds is 5. The van der Waals surface area contributed by atoms with E-state index >= 15 is 0 Å². The van der Waals surface area contributed by atoms with Gasteiger partial charge in [0, 0.05) is 37.6 Å². The van der Waals surface area contributed by atoms with Gasteiger partial charge in [0.2, 0.25) is 15.9 Å². The summed E-state index contributed by atoms with van der Waals surface area (Å²) in [6, 6.07) is 7.66. The Morgan fingerprint density at radius 1 is 1.13 bits per heavy atom. The molecule has 0 saturated carbocycles. The molecule has 0 atom stereocenters. The Morgan fingerprint density at radius 2 is 1.83 bits per heavy atom. The van der Waals surface area contributed by atoms with Gasteiger partial charge in [-0.05, 0) is 37.0 Å². The lowest BCUT2D eigenvalue weighted by Gasteiger charge is -2.21. The molecule has 0 unspecified atom stereocenters. The van der Waals surface area contributed by atoms with Gasteiger partial charge in [-0.3, -0.25) is 4.79 Å². The first-order valence-electron chi connectivity index (χ1n) is 7.83. The number of nitrogens with zero attached hydrogens (tertiary/aromatic N) is 2. The minimum absolute atomic E-state index is 0.106. The second-order valence-electron chi connectivity index (χ2n) is 5.88. The van der Waals surface area contributed by atoms with Crippen molar-refractivity contribution in [3.05, 3.63) is 34.9 Å². The van der Waals surface area contributed by atoms with Gasteiger partial charge in [0.1, 0.15) is 0 Å². The minimum atomic E-state index is -3.17. The molecule has 0 aromatic heterocycles. The van der Waals surface area contributed by atoms with E-state index < -0.39 is 10.0 Å². The van der Waals surface area contributed by atoms with Crippen molar-refractivity contribution in [1.29, 1.82) is 0 Å². The second-order valence-corrected chi connectivity index (χ2v) is 8.30. The van der Waals surface area contributed by atoms with E-state index in [1.807, 2.05) is 24.3 Å². The number of carbonyl (C=O) groups is 1. The number of hydrogen-bond acceptors (Lipinski definition) is 3. The van der Waals surface area contributed by atoms with Crippen LogP contribution >= 0.6 is 11.6 Å². The molecule has 1 amide bonds. The average molecular weight is 359 g/mol. The minimum Gasteiger partial charge on any atom is -0.341 e. The van der Waals surface area contributed by atoms with Gasteiger partial charge in [0.25, 0.3) is 0 Å². The van der Waals surface area contributed by atoms with Gasteiger partial charge in [0.05, 0.1) is 6.26 Å². The van der Waals surface area contributed by atoms with Crippen LogP contribution in [0.4, 0.5) is 0 Å². The summed E-state index contributed by atoms with van der Waals surface area (Å²) in [6.45, 7) is 1.99. The maximum absolute atomic E-state index is 12.3. The zero-order valence-corrected chi connectivity index (χ0v) is 14.9. The van der Waals surface area contributed by atoms with E-state index in [9.17, 15) is 13.2 Å². The quantitative estimate of drug-likeness (QED) is 0.810. The number of hydrogen-bond donors (Lipinski definition) is 0. The zero-order valence-electron chi connectivity index (χ0n) is 13.4. The van der Waals surface area contributed by atoms with E-state index in [0.717, 1.165) is 12.8 Å². The Kier molecular flexibility index (Phi) is 6.44. The summed E-state index contributed by atoms with van der Waals surface area (Å²) in [4.78, 5) is 14.1. The van der Waals surface area contributed by atoms with Crippen molar-refractivity contribution in [3.8, 4) is 0 Å². The molecule has 23 heavy (non-hydrogen) atoms. The number of halogens is 1. The molecule has 1 saturated heterocycles. The summed E-state index contributed by atoms with van der Waals surface area (Å²) >= 11 is 5.85. The maximum Gasteiger partial charge on any atom is 0.222 e. The molecule has 1 aromatic rings. The van der Waals surface area contributed by atoms with Crippen LogP contribution in [0.1, 0.15) is 24.8 Å². The Balaban J connectivity index is 1.78. The van der Waals surface area contributed by atoms with Gasteiger partial charge in [-0.2, -0.15) is 0 Å². The highest BCUT2D eigenvalue weighted by molar-refractivity contribution is 7.88. The van der Waals surface area contributed by atoms with Crippen LogP contribution in [0, 0.1) is 0 Å². The predicted molar refractivity (Wildman–Crippen MR) is 92.0 cm³/mol. The van der Waals surface area contributed by atoms with Crippen molar-refractivity contribution in [2.45, 2.75) is 25.7 Å². The topological polar surface area (TPSA) is 57.7 Å². The van der Waals surface area contributed by atoms with Crippen molar-refractivity contribution in [3.63, 3.8) is 0 Å². The Morgan fingerprint density at radius 3 is 2.48 bits per heavy atom. The molecule has 1 heterocycles. The first-order valence-corrected chi connectivity index (χ1v) is 10.1. The Hall–Kier alpha value is -1.11. The third kappa shape index (κ3) is 5.79. The highest BCUT2D eigenvalue weighted by atomic mass is 35.5. The molecule has 0 spiro atoms. The third-order valence-corrected chi connectivity index (χ3v) is 5.60. The molecule has 1 aliphatic heterocycles. The van der Waals surface area contributed by atoms with Gasteiger partial charge >= 0.3 is 0 Å². The summed E-state index contributed by atoms with van der Waals surface area (Å²) < 4.78 is 24.6. The second kappa shape index (κ2) is 8.13.